The van der Waals surface area contributed by atoms with Gasteiger partial charge in [0.15, 0.2) is 0 Å². The Bertz CT molecular complexity index is 614. The molecule has 0 saturated heterocycles. The van der Waals surface area contributed by atoms with Gasteiger partial charge in [0.25, 0.3) is 0 Å². The van der Waals surface area contributed by atoms with E-state index < -0.39 is 13.3 Å². The molecule has 0 aliphatic heterocycles. The van der Waals surface area contributed by atoms with Gasteiger partial charge >= 0.3 is 13.8 Å². The minimum Gasteiger partial charge on any atom is -0.469 e. The zero-order chi connectivity index (χ0) is 28.2. The SMILES string of the molecule is CCCCCCCCCCCCCCC(CCSC(OP(=O)(O)OCC[N+](C)(C)C)C(C)C)C(=O)OC. The van der Waals surface area contributed by atoms with Crippen molar-refractivity contribution in [2.75, 3.05) is 47.2 Å². The summed E-state index contributed by atoms with van der Waals surface area (Å²) in [5.74, 6) is 0.373. The van der Waals surface area contributed by atoms with Crippen LogP contribution in [0.1, 0.15) is 111 Å². The third-order valence-electron chi connectivity index (χ3n) is 6.49. The van der Waals surface area contributed by atoms with Gasteiger partial charge in [-0.3, -0.25) is 13.8 Å². The number of phosphoric ester groups is 1. The first kappa shape index (κ1) is 36.9. The van der Waals surface area contributed by atoms with Gasteiger partial charge in [0.2, 0.25) is 0 Å². The largest absolute Gasteiger partial charge is 0.473 e. The Labute approximate surface area is 233 Å². The van der Waals surface area contributed by atoms with Gasteiger partial charge < -0.3 is 14.1 Å². The zero-order valence-electron chi connectivity index (χ0n) is 25.0. The topological polar surface area (TPSA) is 82.1 Å². The van der Waals surface area contributed by atoms with Crippen LogP contribution in [-0.4, -0.2) is 67.9 Å². The average molecular weight is 569 g/mol. The van der Waals surface area contributed by atoms with E-state index in [0.717, 1.165) is 19.3 Å². The molecule has 0 rings (SSSR count). The Morgan fingerprint density at radius 1 is 0.892 bits per heavy atom. The lowest BCUT2D eigenvalue weighted by atomic mass is 9.97. The van der Waals surface area contributed by atoms with Crippen LogP contribution in [0.2, 0.25) is 0 Å². The number of quaternary nitrogens is 1. The Morgan fingerprint density at radius 2 is 1.41 bits per heavy atom. The highest BCUT2D eigenvalue weighted by molar-refractivity contribution is 7.99. The smallest absolute Gasteiger partial charge is 0.469 e. The number of carbonyl (C=O) groups excluding carboxylic acids is 1. The number of unbranched alkanes of at least 4 members (excludes halogenated alkanes) is 11. The van der Waals surface area contributed by atoms with Crippen LogP contribution in [0.15, 0.2) is 0 Å². The third-order valence-corrected chi connectivity index (χ3v) is 9.07. The third kappa shape index (κ3) is 22.4. The fourth-order valence-corrected chi connectivity index (χ4v) is 6.53. The number of esters is 1. The van der Waals surface area contributed by atoms with E-state index in [0.29, 0.717) is 23.2 Å². The molecule has 0 aliphatic carbocycles. The number of carbonyl (C=O) groups is 1. The highest BCUT2D eigenvalue weighted by atomic mass is 32.2. The fraction of sp³-hybridized carbons (Fsp3) is 0.964. The summed E-state index contributed by atoms with van der Waals surface area (Å²) in [7, 11) is 3.29. The first-order valence-electron chi connectivity index (χ1n) is 14.6. The molecule has 3 unspecified atom stereocenters. The van der Waals surface area contributed by atoms with Gasteiger partial charge in [-0.25, -0.2) is 4.57 Å². The molecular weight excluding hydrogens is 509 g/mol. The van der Waals surface area contributed by atoms with Gasteiger partial charge in [-0.2, -0.15) is 0 Å². The minimum atomic E-state index is -4.14. The lowest BCUT2D eigenvalue weighted by Gasteiger charge is -2.26. The van der Waals surface area contributed by atoms with Crippen molar-refractivity contribution in [1.29, 1.82) is 0 Å². The maximum Gasteiger partial charge on any atom is 0.473 e. The number of likely N-dealkylation sites (N-methyl/N-ethyl adjacent to an activating group) is 1. The van der Waals surface area contributed by atoms with Gasteiger partial charge in [-0.1, -0.05) is 97.8 Å². The first-order valence-corrected chi connectivity index (χ1v) is 17.1. The van der Waals surface area contributed by atoms with Gasteiger partial charge in [-0.05, 0) is 24.5 Å². The average Bonchev–Trinajstić information content (AvgIpc) is 2.81. The fourth-order valence-electron chi connectivity index (χ4n) is 4.04. The minimum absolute atomic E-state index is 0.0281. The number of thioether (sulfide) groups is 1. The molecule has 0 aromatic carbocycles. The quantitative estimate of drug-likeness (QED) is 0.0395. The molecule has 0 aliphatic rings. The summed E-state index contributed by atoms with van der Waals surface area (Å²) in [6.45, 7) is 6.92. The summed E-state index contributed by atoms with van der Waals surface area (Å²) < 4.78 is 28.8. The Morgan fingerprint density at radius 3 is 1.86 bits per heavy atom. The van der Waals surface area contributed by atoms with Crippen LogP contribution in [0.5, 0.6) is 0 Å². The molecule has 0 heterocycles. The number of hydrogen-bond acceptors (Lipinski definition) is 6. The molecule has 7 nitrogen and oxygen atoms in total. The molecule has 0 saturated carbocycles. The molecule has 0 aromatic rings. The van der Waals surface area contributed by atoms with E-state index >= 15 is 0 Å². The lowest BCUT2D eigenvalue weighted by Crippen LogP contribution is -2.37. The normalized spacial score (nSPS) is 15.5. The predicted octanol–water partition coefficient (Wildman–Crippen LogP) is 7.81. The van der Waals surface area contributed by atoms with E-state index in [1.807, 2.05) is 35.0 Å². The maximum atomic E-state index is 12.4. The van der Waals surface area contributed by atoms with E-state index in [2.05, 4.69) is 6.92 Å². The van der Waals surface area contributed by atoms with E-state index in [4.69, 9.17) is 13.8 Å². The van der Waals surface area contributed by atoms with Crippen molar-refractivity contribution in [2.45, 2.75) is 116 Å². The molecule has 0 amide bonds. The summed E-state index contributed by atoms with van der Waals surface area (Å²) in [4.78, 5) is 22.5. The van der Waals surface area contributed by atoms with Crippen molar-refractivity contribution >= 4 is 25.6 Å². The molecular formula is C28H59NO6PS+. The molecule has 1 N–H and O–H groups in total. The van der Waals surface area contributed by atoms with E-state index in [-0.39, 0.29) is 24.4 Å². The Hall–Kier alpha value is -0.110. The number of rotatable bonds is 25. The Balaban J connectivity index is 4.28. The molecule has 9 heteroatoms. The zero-order valence-corrected chi connectivity index (χ0v) is 26.8. The molecule has 37 heavy (non-hydrogen) atoms. The van der Waals surface area contributed by atoms with Gasteiger partial charge in [0.1, 0.15) is 18.6 Å². The van der Waals surface area contributed by atoms with Crippen LogP contribution in [0.4, 0.5) is 0 Å². The highest BCUT2D eigenvalue weighted by Gasteiger charge is 2.30. The van der Waals surface area contributed by atoms with Crippen LogP contribution in [-0.2, 0) is 23.1 Å². The standard InChI is InChI=1S/C28H58NO6PS/c1-8-9-10-11-12-13-14-15-16-17-18-19-20-26(27(30)33-7)21-24-37-28(25(2)3)35-36(31,32)34-23-22-29(4,5)6/h25-26,28H,8-24H2,1-7H3/p+1. The van der Waals surface area contributed by atoms with Gasteiger partial charge in [0, 0.05) is 0 Å². The first-order chi connectivity index (χ1) is 17.4. The summed E-state index contributed by atoms with van der Waals surface area (Å²) in [5.41, 5.74) is -0.482. The van der Waals surface area contributed by atoms with Gasteiger partial charge in [0.05, 0.1) is 34.2 Å². The number of ether oxygens (including phenoxy) is 1. The molecule has 3 atom stereocenters. The molecule has 0 fully saturated rings. The summed E-state index contributed by atoms with van der Waals surface area (Å²) in [6.07, 6.45) is 17.0. The van der Waals surface area contributed by atoms with Crippen LogP contribution >= 0.6 is 19.6 Å². The molecule has 0 radical (unpaired) electrons. The maximum absolute atomic E-state index is 12.4. The highest BCUT2D eigenvalue weighted by Crippen LogP contribution is 2.47. The summed E-state index contributed by atoms with van der Waals surface area (Å²) in [6, 6.07) is 0. The molecule has 0 bridgehead atoms. The van der Waals surface area contributed by atoms with Crippen molar-refractivity contribution < 1.29 is 32.5 Å². The second-order valence-corrected chi connectivity index (χ2v) is 14.2. The van der Waals surface area contributed by atoms with E-state index in [1.54, 1.807) is 0 Å². The molecule has 222 valence electrons. The van der Waals surface area contributed by atoms with Crippen molar-refractivity contribution in [3.8, 4) is 0 Å². The Kier molecular flexibility index (Phi) is 21.6. The van der Waals surface area contributed by atoms with Gasteiger partial charge in [-0.15, -0.1) is 11.8 Å². The van der Waals surface area contributed by atoms with E-state index in [9.17, 15) is 14.3 Å². The molecule has 0 spiro atoms. The van der Waals surface area contributed by atoms with Crippen molar-refractivity contribution in [2.24, 2.45) is 11.8 Å². The number of phosphoric acid groups is 1. The van der Waals surface area contributed by atoms with Crippen molar-refractivity contribution in [1.82, 2.24) is 0 Å². The predicted molar refractivity (Wildman–Crippen MR) is 157 cm³/mol. The summed E-state index contributed by atoms with van der Waals surface area (Å²) >= 11 is 1.47. The number of methoxy groups -OCH3 is 1. The van der Waals surface area contributed by atoms with Crippen LogP contribution in [0.3, 0.4) is 0 Å². The van der Waals surface area contributed by atoms with Crippen molar-refractivity contribution in [3.63, 3.8) is 0 Å². The molecule has 0 aromatic heterocycles. The second kappa shape index (κ2) is 21.7. The summed E-state index contributed by atoms with van der Waals surface area (Å²) in [5, 5.41) is 0. The van der Waals surface area contributed by atoms with E-state index in [1.165, 1.54) is 83.1 Å². The number of hydrogen-bond donors (Lipinski definition) is 1. The van der Waals surface area contributed by atoms with Crippen LogP contribution in [0.25, 0.3) is 0 Å². The second-order valence-electron chi connectivity index (χ2n) is 11.6. The number of nitrogens with zero attached hydrogens (tertiary/aromatic N) is 1. The van der Waals surface area contributed by atoms with Crippen LogP contribution in [0, 0.1) is 11.8 Å². The lowest BCUT2D eigenvalue weighted by molar-refractivity contribution is -0.870. The monoisotopic (exact) mass is 568 g/mol. The van der Waals surface area contributed by atoms with Crippen molar-refractivity contribution in [3.05, 3.63) is 0 Å². The van der Waals surface area contributed by atoms with Crippen LogP contribution < -0.4 is 0 Å².